The fourth-order valence-corrected chi connectivity index (χ4v) is 14.1. The van der Waals surface area contributed by atoms with Crippen LogP contribution >= 0.6 is 11.7 Å². The summed E-state index contributed by atoms with van der Waals surface area (Å²) in [5.41, 5.74) is 28.1. The van der Waals surface area contributed by atoms with Gasteiger partial charge in [-0.3, -0.25) is 0 Å². The van der Waals surface area contributed by atoms with Gasteiger partial charge in [0.15, 0.2) is 0 Å². The van der Waals surface area contributed by atoms with Crippen LogP contribution in [0.5, 0.6) is 0 Å². The van der Waals surface area contributed by atoms with E-state index in [2.05, 4.69) is 337 Å². The summed E-state index contributed by atoms with van der Waals surface area (Å²) >= 11 is 1.26. The van der Waals surface area contributed by atoms with Gasteiger partial charge in [0.25, 0.3) is 0 Å². The Labute approximate surface area is 526 Å². The van der Waals surface area contributed by atoms with Crippen LogP contribution in [0.2, 0.25) is 0 Å². The van der Waals surface area contributed by atoms with Crippen molar-refractivity contribution in [2.75, 3.05) is 4.90 Å². The molecule has 17 aromatic rings. The highest BCUT2D eigenvalue weighted by atomic mass is 32.1. The summed E-state index contributed by atoms with van der Waals surface area (Å²) in [7, 11) is 0. The molecular formula is C84H57N5S. The summed E-state index contributed by atoms with van der Waals surface area (Å²) in [5, 5.41) is 7.38. The second-order valence-electron chi connectivity index (χ2n) is 23.6. The second kappa shape index (κ2) is 21.8. The van der Waals surface area contributed by atoms with E-state index >= 15 is 0 Å². The maximum absolute atomic E-state index is 5.10. The van der Waals surface area contributed by atoms with Crippen LogP contribution in [-0.2, 0) is 0 Å². The first-order valence-corrected chi connectivity index (χ1v) is 31.4. The quantitative estimate of drug-likeness (QED) is 0.130. The van der Waals surface area contributed by atoms with Crippen LogP contribution < -0.4 is 4.90 Å². The standard InChI is InChI=1S/C84H57N5S/c1-54-17-21-60(22-18-54)65-34-46-77-74(51-65)75-52-66(61-23-19-55(2)20-24-61)35-47-78(75)88(77)70-43-31-64(32-44-70)73-45-50-81(84-83(73)85-90-86-84)87(68-37-25-58(26-38-68)56-11-5-3-6-12-56)69-39-29-62(30-40-69)67-36-48-79-76(53-67)82-72-16-10-9-15-63(72)33-49-80(82)89(79)71-41-27-59(28-42-71)57-13-7-4-8-14-57/h3-53H,1-2H3. The van der Waals surface area contributed by atoms with Crippen LogP contribution in [-0.4, -0.2) is 17.9 Å². The minimum Gasteiger partial charge on any atom is -0.309 e. The molecule has 6 heteroatoms. The number of hydrogen-bond donors (Lipinski definition) is 0. The number of hydrogen-bond acceptors (Lipinski definition) is 4. The molecular weight excluding hydrogens is 1110 g/mol. The van der Waals surface area contributed by atoms with Gasteiger partial charge in [0.1, 0.15) is 11.0 Å². The van der Waals surface area contributed by atoms with E-state index < -0.39 is 0 Å². The smallest absolute Gasteiger partial charge is 0.129 e. The Balaban J connectivity index is 0.743. The maximum atomic E-state index is 5.10. The molecule has 0 bridgehead atoms. The summed E-state index contributed by atoms with van der Waals surface area (Å²) in [4.78, 5) is 2.33. The largest absolute Gasteiger partial charge is 0.309 e. The molecule has 0 aliphatic carbocycles. The highest BCUT2D eigenvalue weighted by Crippen LogP contribution is 2.45. The van der Waals surface area contributed by atoms with Crippen molar-refractivity contribution in [2.45, 2.75) is 13.8 Å². The van der Waals surface area contributed by atoms with Crippen LogP contribution in [0.4, 0.5) is 17.1 Å². The zero-order valence-corrected chi connectivity index (χ0v) is 50.4. The lowest BCUT2D eigenvalue weighted by molar-refractivity contribution is 1.18. The molecule has 3 heterocycles. The van der Waals surface area contributed by atoms with Gasteiger partial charge in [0.2, 0.25) is 0 Å². The van der Waals surface area contributed by atoms with Crippen molar-refractivity contribution in [1.29, 1.82) is 0 Å². The van der Waals surface area contributed by atoms with Gasteiger partial charge in [-0.05, 0) is 189 Å². The molecule has 0 N–H and O–H groups in total. The average molecular weight is 1170 g/mol. The molecule has 0 aliphatic rings. The number of anilines is 3. The van der Waals surface area contributed by atoms with Crippen molar-refractivity contribution in [1.82, 2.24) is 17.9 Å². The predicted octanol–water partition coefficient (Wildman–Crippen LogP) is 23.1. The van der Waals surface area contributed by atoms with Gasteiger partial charge < -0.3 is 14.0 Å². The number of aryl methyl sites for hydroxylation is 2. The van der Waals surface area contributed by atoms with Crippen molar-refractivity contribution >= 4 is 94.2 Å². The van der Waals surface area contributed by atoms with E-state index in [0.717, 1.165) is 78.3 Å². The van der Waals surface area contributed by atoms with Crippen LogP contribution in [0.1, 0.15) is 11.1 Å². The SMILES string of the molecule is Cc1ccc(-c2ccc3c(c2)c2cc(-c4ccc(C)cc4)ccc2n3-c2ccc(-c3ccc(N(c4ccc(-c5ccccc5)cc4)c4ccc(-c5ccc6c(c5)c5c7ccccc7ccc5n6-c5ccc(-c6ccccc6)cc5)cc4)c4nsnc34)cc2)cc1. The van der Waals surface area contributed by atoms with Crippen molar-refractivity contribution in [3.63, 3.8) is 0 Å². The summed E-state index contributed by atoms with van der Waals surface area (Å²) in [6.45, 7) is 4.28. The third-order valence-electron chi connectivity index (χ3n) is 18.2. The van der Waals surface area contributed by atoms with Crippen molar-refractivity contribution < 1.29 is 0 Å². The molecule has 5 nitrogen and oxygen atoms in total. The molecule has 14 aromatic carbocycles. The topological polar surface area (TPSA) is 38.9 Å². The Morgan fingerprint density at radius 2 is 0.678 bits per heavy atom. The van der Waals surface area contributed by atoms with Crippen LogP contribution in [0.3, 0.4) is 0 Å². The van der Waals surface area contributed by atoms with Gasteiger partial charge in [-0.25, -0.2) is 0 Å². The van der Waals surface area contributed by atoms with Gasteiger partial charge in [-0.2, -0.15) is 8.75 Å². The number of benzene rings is 14. The van der Waals surface area contributed by atoms with E-state index in [1.54, 1.807) is 0 Å². The molecule has 0 amide bonds. The van der Waals surface area contributed by atoms with Gasteiger partial charge in [-0.1, -0.05) is 217 Å². The minimum atomic E-state index is 0.845. The highest BCUT2D eigenvalue weighted by Gasteiger charge is 2.23. The third-order valence-corrected chi connectivity index (χ3v) is 18.7. The second-order valence-corrected chi connectivity index (χ2v) is 24.2. The first kappa shape index (κ1) is 52.9. The number of nitrogens with zero attached hydrogens (tertiary/aromatic N) is 5. The van der Waals surface area contributed by atoms with E-state index in [4.69, 9.17) is 8.75 Å². The predicted molar refractivity (Wildman–Crippen MR) is 380 cm³/mol. The van der Waals surface area contributed by atoms with Crippen LogP contribution in [0.15, 0.2) is 309 Å². The lowest BCUT2D eigenvalue weighted by Gasteiger charge is -2.26. The summed E-state index contributed by atoms with van der Waals surface area (Å²) < 4.78 is 15.0. The number of fused-ring (bicyclic) bond motifs is 9. The fourth-order valence-electron chi connectivity index (χ4n) is 13.6. The Morgan fingerprint density at radius 1 is 0.289 bits per heavy atom. The molecule has 0 aliphatic heterocycles. The van der Waals surface area contributed by atoms with Gasteiger partial charge in [0, 0.05) is 49.9 Å². The molecule has 0 spiro atoms. The molecule has 0 atom stereocenters. The van der Waals surface area contributed by atoms with Crippen molar-refractivity contribution in [3.8, 4) is 78.1 Å². The average Bonchev–Trinajstić information content (AvgIpc) is 1.60. The van der Waals surface area contributed by atoms with E-state index in [-0.39, 0.29) is 0 Å². The number of rotatable bonds is 11. The molecule has 424 valence electrons. The van der Waals surface area contributed by atoms with Crippen molar-refractivity contribution in [2.24, 2.45) is 0 Å². The van der Waals surface area contributed by atoms with E-state index in [1.165, 1.54) is 105 Å². The van der Waals surface area contributed by atoms with Crippen LogP contribution in [0.25, 0.3) is 144 Å². The molecule has 0 saturated carbocycles. The van der Waals surface area contributed by atoms with E-state index in [9.17, 15) is 0 Å². The summed E-state index contributed by atoms with van der Waals surface area (Å²) in [5.74, 6) is 0. The lowest BCUT2D eigenvalue weighted by Crippen LogP contribution is -2.10. The maximum Gasteiger partial charge on any atom is 0.129 e. The Kier molecular flexibility index (Phi) is 12.8. The molecule has 90 heavy (non-hydrogen) atoms. The number of aromatic nitrogens is 4. The summed E-state index contributed by atoms with van der Waals surface area (Å²) in [6.07, 6.45) is 0. The molecule has 0 radical (unpaired) electrons. The molecule has 17 rings (SSSR count). The normalized spacial score (nSPS) is 11.7. The molecule has 0 unspecified atom stereocenters. The zero-order chi connectivity index (χ0) is 59.8. The van der Waals surface area contributed by atoms with Crippen LogP contribution in [0, 0.1) is 13.8 Å². The Morgan fingerprint density at radius 3 is 1.21 bits per heavy atom. The Bertz CT molecular complexity index is 5450. The lowest BCUT2D eigenvalue weighted by atomic mass is 9.99. The van der Waals surface area contributed by atoms with Gasteiger partial charge in [-0.15, -0.1) is 0 Å². The monoisotopic (exact) mass is 1170 g/mol. The van der Waals surface area contributed by atoms with E-state index in [1.807, 2.05) is 0 Å². The van der Waals surface area contributed by atoms with Crippen molar-refractivity contribution in [3.05, 3.63) is 321 Å². The molecule has 0 saturated heterocycles. The minimum absolute atomic E-state index is 0.845. The molecule has 3 aromatic heterocycles. The van der Waals surface area contributed by atoms with Gasteiger partial charge >= 0.3 is 0 Å². The first-order valence-electron chi connectivity index (χ1n) is 30.7. The van der Waals surface area contributed by atoms with E-state index in [0.29, 0.717) is 0 Å². The van der Waals surface area contributed by atoms with Gasteiger partial charge in [0.05, 0.1) is 39.5 Å². The first-order chi connectivity index (χ1) is 44.4. The summed E-state index contributed by atoms with van der Waals surface area (Å²) in [6, 6.07) is 113. The highest BCUT2D eigenvalue weighted by molar-refractivity contribution is 7.00. The molecule has 0 fully saturated rings. The fraction of sp³-hybridized carbons (Fsp3) is 0.0238. The zero-order valence-electron chi connectivity index (χ0n) is 49.6. The Hall–Kier alpha value is -11.4. The third kappa shape index (κ3) is 9.15.